The predicted molar refractivity (Wildman–Crippen MR) is 63.7 cm³/mol. The van der Waals surface area contributed by atoms with Gasteiger partial charge in [0, 0.05) is 0 Å². The molecule has 0 nitrogen and oxygen atoms in total. The summed E-state index contributed by atoms with van der Waals surface area (Å²) in [5.74, 6) is 0.596. The van der Waals surface area contributed by atoms with Crippen LogP contribution in [-0.4, -0.2) is 5.54 Å². The van der Waals surface area contributed by atoms with Gasteiger partial charge < -0.3 is 7.43 Å². The quantitative estimate of drug-likeness (QED) is 0.447. The van der Waals surface area contributed by atoms with Gasteiger partial charge in [0.25, 0.3) is 0 Å². The van der Waals surface area contributed by atoms with Gasteiger partial charge in [-0.2, -0.15) is 22.9 Å². The van der Waals surface area contributed by atoms with Gasteiger partial charge in [-0.3, -0.25) is 0 Å². The van der Waals surface area contributed by atoms with Crippen molar-refractivity contribution < 1.29 is 14.7 Å². The summed E-state index contributed by atoms with van der Waals surface area (Å²) in [6, 6.07) is 0. The maximum atomic E-state index is 5.65. The summed E-state index contributed by atoms with van der Waals surface area (Å²) in [6.45, 7) is 0. The van der Waals surface area contributed by atoms with E-state index in [4.69, 9.17) is 50.8 Å². The van der Waals surface area contributed by atoms with Gasteiger partial charge >= 0.3 is 48.1 Å². The first kappa shape index (κ1) is 17.6. The Kier molecular flexibility index (Phi) is 14.6. The van der Waals surface area contributed by atoms with E-state index in [2.05, 4.69) is 0 Å². The van der Waals surface area contributed by atoms with E-state index in [0.29, 0.717) is 5.82 Å². The summed E-state index contributed by atoms with van der Waals surface area (Å²) in [5.41, 5.74) is -0.113. The molecule has 0 bridgehead atoms. The van der Waals surface area contributed by atoms with E-state index in [1.165, 1.54) is 25.7 Å². The van der Waals surface area contributed by atoms with Crippen LogP contribution in [0.2, 0.25) is 5.82 Å². The molecule has 0 aromatic carbocycles. The summed E-state index contributed by atoms with van der Waals surface area (Å²) in [4.78, 5) is 0. The van der Waals surface area contributed by atoms with Gasteiger partial charge in [-0.1, -0.05) is 25.7 Å². The molecule has 0 saturated heterocycles. The SMILES string of the molecule is ClB(Cl)C1CCCC1.[CH3-].[Cl][Ti+]([Cl])[Cl]. The van der Waals surface area contributed by atoms with Gasteiger partial charge in [0.05, 0.1) is 0 Å². The van der Waals surface area contributed by atoms with Gasteiger partial charge in [-0.25, -0.2) is 0 Å². The zero-order chi connectivity index (χ0) is 9.56. The fourth-order valence-electron chi connectivity index (χ4n) is 1.21. The second-order valence-electron chi connectivity index (χ2n) is 2.59. The Morgan fingerprint density at radius 2 is 1.31 bits per heavy atom. The molecule has 0 spiro atoms. The molecular weight excluding hydrogens is 308 g/mol. The van der Waals surface area contributed by atoms with Gasteiger partial charge in [0.2, 0.25) is 0 Å². The second-order valence-corrected chi connectivity index (χ2v) is 11.5. The number of hydrogen-bond donors (Lipinski definition) is 0. The summed E-state index contributed by atoms with van der Waals surface area (Å²) in [7, 11) is 14.9. The standard InChI is InChI=1S/C5H9BCl2.CH3.3ClH.Ti/c7-6(8)5-3-1-2-4-5;;;;;/h5H,1-4H2;1H3;3*1H;/q;-1;;;;+4/p-3. The normalized spacial score (nSPS) is 15.5. The molecule has 0 N–H and O–H groups in total. The molecule has 1 fully saturated rings. The van der Waals surface area contributed by atoms with Crippen molar-refractivity contribution in [2.24, 2.45) is 0 Å². The molecule has 1 aliphatic rings. The summed E-state index contributed by atoms with van der Waals surface area (Å²) in [5, 5.41) is 0. The fraction of sp³-hybridized carbons (Fsp3) is 0.833. The molecule has 0 amide bonds. The van der Waals surface area contributed by atoms with Crippen LogP contribution in [0.15, 0.2) is 0 Å². The Balaban J connectivity index is 0. The molecule has 0 unspecified atom stereocenters. The van der Waals surface area contributed by atoms with E-state index in [1.54, 1.807) is 0 Å². The van der Waals surface area contributed by atoms with Crippen LogP contribution in [0.4, 0.5) is 0 Å². The maximum absolute atomic E-state index is 5.65. The van der Waals surface area contributed by atoms with Crippen molar-refractivity contribution in [1.29, 1.82) is 0 Å². The minimum atomic E-state index is -1.92. The first-order chi connectivity index (χ1) is 5.54. The first-order valence-corrected chi connectivity index (χ1v) is 11.0. The van der Waals surface area contributed by atoms with Crippen LogP contribution >= 0.6 is 50.8 Å². The Bertz CT molecular complexity index is 104. The molecule has 1 aliphatic carbocycles. The molecule has 78 valence electrons. The Hall–Kier alpha value is 2.23. The van der Waals surface area contributed by atoms with Crippen molar-refractivity contribution in [3.63, 3.8) is 0 Å². The zero-order valence-electron chi connectivity index (χ0n) is 7.37. The van der Waals surface area contributed by atoms with Gasteiger partial charge in [0.15, 0.2) is 0 Å². The monoisotopic (exact) mass is 318 g/mol. The van der Waals surface area contributed by atoms with Crippen molar-refractivity contribution in [2.75, 3.05) is 0 Å². The Morgan fingerprint density at radius 3 is 1.46 bits per heavy atom. The summed E-state index contributed by atoms with van der Waals surface area (Å²) >= 11 is 9.38. The summed E-state index contributed by atoms with van der Waals surface area (Å²) < 4.78 is 0. The van der Waals surface area contributed by atoms with Crippen molar-refractivity contribution in [3.05, 3.63) is 7.43 Å². The number of halogens is 5. The zero-order valence-corrected chi connectivity index (χ0v) is 12.7. The van der Waals surface area contributed by atoms with Crippen LogP contribution < -0.4 is 0 Å². The Labute approximate surface area is 109 Å². The fourth-order valence-corrected chi connectivity index (χ4v) is 1.71. The number of hydrogen-bond acceptors (Lipinski definition) is 0. The third-order valence-corrected chi connectivity index (χ3v) is 2.47. The van der Waals surface area contributed by atoms with Crippen LogP contribution in [0.5, 0.6) is 0 Å². The molecule has 0 atom stereocenters. The number of rotatable bonds is 1. The first-order valence-electron chi connectivity index (χ1n) is 3.65. The van der Waals surface area contributed by atoms with E-state index in [9.17, 15) is 0 Å². The second kappa shape index (κ2) is 10.7. The molecular formula is C6H12BCl5Ti. The van der Waals surface area contributed by atoms with E-state index in [-0.39, 0.29) is 13.0 Å². The van der Waals surface area contributed by atoms with E-state index in [0.717, 1.165) is 0 Å². The minimum absolute atomic E-state index is 0. The van der Waals surface area contributed by atoms with Crippen molar-refractivity contribution in [1.82, 2.24) is 0 Å². The van der Waals surface area contributed by atoms with Crippen molar-refractivity contribution in [2.45, 2.75) is 31.5 Å². The third kappa shape index (κ3) is 12.2. The van der Waals surface area contributed by atoms with Crippen LogP contribution in [-0.2, 0) is 14.7 Å². The van der Waals surface area contributed by atoms with E-state index in [1.807, 2.05) is 0 Å². The van der Waals surface area contributed by atoms with Gasteiger partial charge in [-0.05, 0) is 5.82 Å². The van der Waals surface area contributed by atoms with Crippen molar-refractivity contribution >= 4 is 56.4 Å². The average molecular weight is 320 g/mol. The third-order valence-electron chi connectivity index (χ3n) is 1.76. The Morgan fingerprint density at radius 1 is 1.00 bits per heavy atom. The molecule has 0 heterocycles. The molecule has 1 saturated carbocycles. The molecule has 0 aromatic rings. The van der Waals surface area contributed by atoms with Crippen LogP contribution in [0.1, 0.15) is 25.7 Å². The van der Waals surface area contributed by atoms with Crippen LogP contribution in [0.25, 0.3) is 0 Å². The predicted octanol–water partition coefficient (Wildman–Crippen LogP) is 5.41. The average Bonchev–Trinajstić information content (AvgIpc) is 2.34. The van der Waals surface area contributed by atoms with E-state index >= 15 is 0 Å². The van der Waals surface area contributed by atoms with Gasteiger partial charge in [-0.15, -0.1) is 0 Å². The van der Waals surface area contributed by atoms with E-state index < -0.39 is 14.7 Å². The van der Waals surface area contributed by atoms with Crippen LogP contribution in [0.3, 0.4) is 0 Å². The summed E-state index contributed by atoms with van der Waals surface area (Å²) in [6.07, 6.45) is 5.11. The molecule has 1 rings (SSSR count). The van der Waals surface area contributed by atoms with Crippen molar-refractivity contribution in [3.8, 4) is 0 Å². The molecule has 13 heavy (non-hydrogen) atoms. The van der Waals surface area contributed by atoms with Gasteiger partial charge in [0.1, 0.15) is 0 Å². The molecule has 0 aromatic heterocycles. The van der Waals surface area contributed by atoms with Crippen LogP contribution in [0, 0.1) is 7.43 Å². The topological polar surface area (TPSA) is 0 Å². The molecule has 7 heteroatoms. The molecule has 0 aliphatic heterocycles. The molecule has 0 radical (unpaired) electrons.